The number of hydrogen-bond acceptors (Lipinski definition) is 2. The van der Waals surface area contributed by atoms with Gasteiger partial charge in [0, 0.05) is 11.3 Å². The molecule has 1 heterocycles. The van der Waals surface area contributed by atoms with Crippen molar-refractivity contribution in [3.63, 3.8) is 0 Å². The highest BCUT2D eigenvalue weighted by molar-refractivity contribution is 5.88. The smallest absolute Gasteiger partial charge is 0.335 e. The molecule has 0 spiro atoms. The molecule has 1 aromatic carbocycles. The zero-order valence-electron chi connectivity index (χ0n) is 11.1. The lowest BCUT2D eigenvalue weighted by Gasteiger charge is -2.03. The Morgan fingerprint density at radius 3 is 2.58 bits per heavy atom. The number of carbonyl (C=O) groups is 1. The van der Waals surface area contributed by atoms with E-state index >= 15 is 0 Å². The van der Waals surface area contributed by atoms with Gasteiger partial charge in [0.25, 0.3) is 5.56 Å². The van der Waals surface area contributed by atoms with Gasteiger partial charge in [0.15, 0.2) is 0 Å². The van der Waals surface area contributed by atoms with Crippen molar-refractivity contribution in [3.05, 3.63) is 51.4 Å². The van der Waals surface area contributed by atoms with Crippen molar-refractivity contribution in [2.45, 2.75) is 26.7 Å². The molecule has 0 fully saturated rings. The molecular formula is C14H16N2O3. The predicted octanol–water partition coefficient (Wildman–Crippen LogP) is 2.30. The van der Waals surface area contributed by atoms with Crippen molar-refractivity contribution in [2.75, 3.05) is 0 Å². The van der Waals surface area contributed by atoms with Crippen LogP contribution in [0.3, 0.4) is 0 Å². The third kappa shape index (κ3) is 2.31. The molecule has 0 saturated carbocycles. The molecule has 0 atom stereocenters. The molecule has 0 aliphatic heterocycles. The Morgan fingerprint density at radius 1 is 1.37 bits per heavy atom. The first-order chi connectivity index (χ1) is 8.91. The first-order valence-electron chi connectivity index (χ1n) is 6.07. The predicted molar refractivity (Wildman–Crippen MR) is 72.2 cm³/mol. The summed E-state index contributed by atoms with van der Waals surface area (Å²) in [6, 6.07) is 6.30. The van der Waals surface area contributed by atoms with E-state index < -0.39 is 5.97 Å². The molecule has 0 unspecified atom stereocenters. The summed E-state index contributed by atoms with van der Waals surface area (Å²) in [6.45, 7) is 5.75. The molecule has 0 aliphatic carbocycles. The molecule has 2 rings (SSSR count). The molecule has 0 radical (unpaired) electrons. The lowest BCUT2D eigenvalue weighted by atomic mass is 10.1. The van der Waals surface area contributed by atoms with Crippen LogP contribution in [-0.4, -0.2) is 20.9 Å². The third-order valence-corrected chi connectivity index (χ3v) is 3.05. The van der Waals surface area contributed by atoms with E-state index in [1.807, 2.05) is 20.8 Å². The zero-order valence-corrected chi connectivity index (χ0v) is 11.1. The highest BCUT2D eigenvalue weighted by Gasteiger charge is 2.15. The first-order valence-corrected chi connectivity index (χ1v) is 6.07. The van der Waals surface area contributed by atoms with Crippen LogP contribution in [0.2, 0.25) is 0 Å². The molecule has 2 N–H and O–H groups in total. The second kappa shape index (κ2) is 4.76. The highest BCUT2D eigenvalue weighted by Crippen LogP contribution is 2.15. The number of nitrogens with one attached hydrogen (secondary N) is 1. The van der Waals surface area contributed by atoms with Crippen LogP contribution in [0.5, 0.6) is 0 Å². The van der Waals surface area contributed by atoms with E-state index in [2.05, 4.69) is 5.10 Å². The number of aromatic amines is 1. The Morgan fingerprint density at radius 2 is 2.05 bits per heavy atom. The molecule has 5 heteroatoms. The van der Waals surface area contributed by atoms with Crippen molar-refractivity contribution < 1.29 is 9.90 Å². The fourth-order valence-corrected chi connectivity index (χ4v) is 2.20. The van der Waals surface area contributed by atoms with Gasteiger partial charge in [-0.1, -0.05) is 19.9 Å². The van der Waals surface area contributed by atoms with Crippen LogP contribution >= 0.6 is 0 Å². The van der Waals surface area contributed by atoms with Crippen LogP contribution in [-0.2, 0) is 0 Å². The van der Waals surface area contributed by atoms with Crippen molar-refractivity contribution >= 4 is 5.97 Å². The quantitative estimate of drug-likeness (QED) is 0.889. The van der Waals surface area contributed by atoms with Gasteiger partial charge in [-0.15, -0.1) is 0 Å². The van der Waals surface area contributed by atoms with E-state index in [1.165, 1.54) is 16.8 Å². The molecule has 100 valence electrons. The van der Waals surface area contributed by atoms with Gasteiger partial charge in [-0.25, -0.2) is 9.48 Å². The van der Waals surface area contributed by atoms with Gasteiger partial charge in [0.1, 0.15) is 0 Å². The molecule has 0 amide bonds. The molecule has 0 aliphatic rings. The average molecular weight is 260 g/mol. The molecule has 2 aromatic rings. The van der Waals surface area contributed by atoms with Crippen LogP contribution in [0.4, 0.5) is 0 Å². The number of carboxylic acids is 1. The van der Waals surface area contributed by atoms with Crippen LogP contribution in [0.1, 0.15) is 41.4 Å². The Balaban J connectivity index is 2.60. The SMILES string of the molecule is Cc1[nH]n(-c2cccc(C(=O)O)c2)c(=O)c1C(C)C. The van der Waals surface area contributed by atoms with Crippen LogP contribution in [0.25, 0.3) is 5.69 Å². The minimum atomic E-state index is -1.01. The number of aromatic nitrogens is 2. The topological polar surface area (TPSA) is 75.1 Å². The summed E-state index contributed by atoms with van der Waals surface area (Å²) in [5.41, 5.74) is 2.08. The summed E-state index contributed by atoms with van der Waals surface area (Å²) in [4.78, 5) is 23.2. The monoisotopic (exact) mass is 260 g/mol. The van der Waals surface area contributed by atoms with Crippen molar-refractivity contribution in [1.82, 2.24) is 9.78 Å². The fourth-order valence-electron chi connectivity index (χ4n) is 2.20. The maximum Gasteiger partial charge on any atom is 0.335 e. The average Bonchev–Trinajstić information content (AvgIpc) is 2.65. The number of aromatic carboxylic acids is 1. The van der Waals surface area contributed by atoms with Crippen molar-refractivity contribution in [1.29, 1.82) is 0 Å². The lowest BCUT2D eigenvalue weighted by molar-refractivity contribution is 0.0697. The molecule has 5 nitrogen and oxygen atoms in total. The van der Waals surface area contributed by atoms with Crippen LogP contribution < -0.4 is 5.56 Å². The summed E-state index contributed by atoms with van der Waals surface area (Å²) in [7, 11) is 0. The summed E-state index contributed by atoms with van der Waals surface area (Å²) in [5.74, 6) is -0.894. The fraction of sp³-hybridized carbons (Fsp3) is 0.286. The maximum atomic E-state index is 12.3. The standard InChI is InChI=1S/C14H16N2O3/c1-8(2)12-9(3)15-16(13(12)17)11-6-4-5-10(7-11)14(18)19/h4-8,15H,1-3H3,(H,18,19). The van der Waals surface area contributed by atoms with E-state index in [4.69, 9.17) is 5.11 Å². The van der Waals surface area contributed by atoms with Gasteiger partial charge in [-0.05, 0) is 31.0 Å². The number of benzene rings is 1. The van der Waals surface area contributed by atoms with E-state index in [1.54, 1.807) is 12.1 Å². The second-order valence-corrected chi connectivity index (χ2v) is 4.80. The number of hydrogen-bond donors (Lipinski definition) is 2. The second-order valence-electron chi connectivity index (χ2n) is 4.80. The molecule has 0 bridgehead atoms. The van der Waals surface area contributed by atoms with Crippen LogP contribution in [0, 0.1) is 6.92 Å². The summed E-state index contributed by atoms with van der Waals surface area (Å²) >= 11 is 0. The largest absolute Gasteiger partial charge is 0.478 e. The minimum absolute atomic E-state index is 0.118. The molecular weight excluding hydrogens is 244 g/mol. The van der Waals surface area contributed by atoms with Gasteiger partial charge >= 0.3 is 5.97 Å². The number of rotatable bonds is 3. The maximum absolute atomic E-state index is 12.3. The number of nitrogens with zero attached hydrogens (tertiary/aromatic N) is 1. The molecule has 1 aromatic heterocycles. The normalized spacial score (nSPS) is 10.9. The summed E-state index contributed by atoms with van der Waals surface area (Å²) < 4.78 is 1.39. The highest BCUT2D eigenvalue weighted by atomic mass is 16.4. The Bertz CT molecular complexity index is 680. The van der Waals surface area contributed by atoms with E-state index in [0.29, 0.717) is 5.69 Å². The number of H-pyrrole nitrogens is 1. The minimum Gasteiger partial charge on any atom is -0.478 e. The van der Waals surface area contributed by atoms with E-state index in [0.717, 1.165) is 11.3 Å². The Labute approximate surface area is 110 Å². The first kappa shape index (κ1) is 13.1. The van der Waals surface area contributed by atoms with Gasteiger partial charge in [-0.3, -0.25) is 9.89 Å². The third-order valence-electron chi connectivity index (χ3n) is 3.05. The lowest BCUT2D eigenvalue weighted by Crippen LogP contribution is -2.18. The molecule has 0 saturated heterocycles. The van der Waals surface area contributed by atoms with E-state index in [-0.39, 0.29) is 17.0 Å². The summed E-state index contributed by atoms with van der Waals surface area (Å²) in [5, 5.41) is 12.0. The van der Waals surface area contributed by atoms with Crippen LogP contribution in [0.15, 0.2) is 29.1 Å². The van der Waals surface area contributed by atoms with Gasteiger partial charge in [-0.2, -0.15) is 0 Å². The van der Waals surface area contributed by atoms with Gasteiger partial charge in [0.2, 0.25) is 0 Å². The number of carboxylic acid groups (broad SMARTS) is 1. The Hall–Kier alpha value is -2.30. The molecule has 19 heavy (non-hydrogen) atoms. The van der Waals surface area contributed by atoms with Crippen molar-refractivity contribution in [3.8, 4) is 5.69 Å². The Kier molecular flexibility index (Phi) is 3.29. The van der Waals surface area contributed by atoms with Gasteiger partial charge < -0.3 is 5.11 Å². The van der Waals surface area contributed by atoms with Gasteiger partial charge in [0.05, 0.1) is 11.3 Å². The summed E-state index contributed by atoms with van der Waals surface area (Å²) in [6.07, 6.45) is 0. The number of aryl methyl sites for hydroxylation is 1. The van der Waals surface area contributed by atoms with Crippen molar-refractivity contribution in [2.24, 2.45) is 0 Å². The zero-order chi connectivity index (χ0) is 14.2. The van der Waals surface area contributed by atoms with E-state index in [9.17, 15) is 9.59 Å².